The Labute approximate surface area is 186 Å². The van der Waals surface area contributed by atoms with Crippen molar-refractivity contribution < 1.29 is 32.4 Å². The first-order valence-electron chi connectivity index (χ1n) is 9.01. The first kappa shape index (κ1) is 24.9. The van der Waals surface area contributed by atoms with E-state index in [0.29, 0.717) is 16.7 Å². The van der Waals surface area contributed by atoms with Crippen LogP contribution in [0.4, 0.5) is 13.2 Å². The minimum atomic E-state index is -4.43. The van der Waals surface area contributed by atoms with Gasteiger partial charge in [0.15, 0.2) is 5.71 Å². The number of oxime groups is 1. The summed E-state index contributed by atoms with van der Waals surface area (Å²) in [6.45, 7) is 3.66. The molecule has 0 unspecified atom stereocenters. The standard InChI is InChI=1S/C21H19ClF3N3O4/c1-13(14-7-9-16(10-8-14)21(23,24)25)27-32-12-15-5-3-4-6-17(15)19(28-31-2)20(30)26-18(29)11-22/h3-10,27H,1,11-12H2,2H3,(H,26,29,30). The molecule has 170 valence electrons. The third-order valence-corrected chi connectivity index (χ3v) is 4.27. The van der Waals surface area contributed by atoms with Crippen LogP contribution in [0.15, 0.2) is 60.3 Å². The van der Waals surface area contributed by atoms with Crippen molar-refractivity contribution in [1.82, 2.24) is 10.8 Å². The van der Waals surface area contributed by atoms with Crippen LogP contribution in [0, 0.1) is 0 Å². The SMILES string of the molecule is C=C(NOCc1ccccc1C(=NOC)C(=O)NC(=O)CCl)c1ccc(C(F)(F)F)cc1. The lowest BCUT2D eigenvalue weighted by atomic mass is 10.0. The third kappa shape index (κ3) is 6.82. The summed E-state index contributed by atoms with van der Waals surface area (Å²) in [5.74, 6) is -1.93. The second-order valence-corrected chi connectivity index (χ2v) is 6.50. The summed E-state index contributed by atoms with van der Waals surface area (Å²) in [6, 6.07) is 11.0. The van der Waals surface area contributed by atoms with Gasteiger partial charge in [-0.3, -0.25) is 25.2 Å². The summed E-state index contributed by atoms with van der Waals surface area (Å²) in [4.78, 5) is 33.9. The molecule has 2 aromatic rings. The molecule has 0 aromatic heterocycles. The van der Waals surface area contributed by atoms with Gasteiger partial charge in [-0.2, -0.15) is 13.2 Å². The van der Waals surface area contributed by atoms with Crippen molar-refractivity contribution in [1.29, 1.82) is 0 Å². The van der Waals surface area contributed by atoms with Crippen LogP contribution in [-0.4, -0.2) is 30.5 Å². The minimum absolute atomic E-state index is 0.0741. The Kier molecular flexibility index (Phi) is 8.80. The fourth-order valence-electron chi connectivity index (χ4n) is 2.52. The van der Waals surface area contributed by atoms with Crippen LogP contribution < -0.4 is 10.8 Å². The van der Waals surface area contributed by atoms with Crippen molar-refractivity contribution in [3.05, 3.63) is 77.4 Å². The topological polar surface area (TPSA) is 89.0 Å². The largest absolute Gasteiger partial charge is 0.416 e. The second-order valence-electron chi connectivity index (χ2n) is 6.23. The number of carbonyl (C=O) groups excluding carboxylic acids is 2. The average molecular weight is 470 g/mol. The summed E-state index contributed by atoms with van der Waals surface area (Å²) in [5, 5.41) is 5.76. The summed E-state index contributed by atoms with van der Waals surface area (Å²) in [5.41, 5.74) is 3.06. The highest BCUT2D eigenvalue weighted by Crippen LogP contribution is 2.29. The van der Waals surface area contributed by atoms with Crippen molar-refractivity contribution in [2.24, 2.45) is 5.16 Å². The Hall–Kier alpha value is -3.37. The molecule has 0 fully saturated rings. The number of hydroxylamine groups is 1. The van der Waals surface area contributed by atoms with Crippen LogP contribution in [0.5, 0.6) is 0 Å². The molecular weight excluding hydrogens is 451 g/mol. The molecule has 7 nitrogen and oxygen atoms in total. The maximum Gasteiger partial charge on any atom is 0.416 e. The first-order chi connectivity index (χ1) is 15.2. The van der Waals surface area contributed by atoms with Gasteiger partial charge < -0.3 is 4.84 Å². The Bertz CT molecular complexity index is 1010. The van der Waals surface area contributed by atoms with Gasteiger partial charge in [-0.25, -0.2) is 0 Å². The highest BCUT2D eigenvalue weighted by atomic mass is 35.5. The van der Waals surface area contributed by atoms with E-state index in [1.54, 1.807) is 24.3 Å². The fraction of sp³-hybridized carbons (Fsp3) is 0.190. The zero-order valence-electron chi connectivity index (χ0n) is 16.8. The van der Waals surface area contributed by atoms with Crippen molar-refractivity contribution in [2.45, 2.75) is 12.8 Å². The van der Waals surface area contributed by atoms with E-state index in [9.17, 15) is 22.8 Å². The van der Waals surface area contributed by atoms with E-state index in [1.165, 1.54) is 19.2 Å². The highest BCUT2D eigenvalue weighted by molar-refractivity contribution is 6.48. The molecule has 0 radical (unpaired) electrons. The lowest BCUT2D eigenvalue weighted by molar-refractivity contribution is -0.137. The maximum absolute atomic E-state index is 12.7. The molecule has 2 amide bonds. The summed E-state index contributed by atoms with van der Waals surface area (Å²) in [7, 11) is 1.24. The van der Waals surface area contributed by atoms with Gasteiger partial charge in [-0.1, -0.05) is 48.1 Å². The minimum Gasteiger partial charge on any atom is -0.398 e. The van der Waals surface area contributed by atoms with E-state index in [0.717, 1.165) is 12.1 Å². The molecule has 0 aliphatic heterocycles. The van der Waals surface area contributed by atoms with Crippen molar-refractivity contribution in [3.8, 4) is 0 Å². The predicted octanol–water partition coefficient (Wildman–Crippen LogP) is 3.63. The predicted molar refractivity (Wildman–Crippen MR) is 112 cm³/mol. The van der Waals surface area contributed by atoms with Crippen LogP contribution in [0.1, 0.15) is 22.3 Å². The van der Waals surface area contributed by atoms with Gasteiger partial charge in [0.1, 0.15) is 19.6 Å². The van der Waals surface area contributed by atoms with Crippen molar-refractivity contribution in [2.75, 3.05) is 13.0 Å². The molecule has 0 atom stereocenters. The van der Waals surface area contributed by atoms with Crippen LogP contribution in [-0.2, 0) is 32.0 Å². The molecule has 11 heteroatoms. The van der Waals surface area contributed by atoms with Crippen LogP contribution >= 0.6 is 11.6 Å². The zero-order chi connectivity index (χ0) is 23.7. The van der Waals surface area contributed by atoms with E-state index in [-0.39, 0.29) is 18.0 Å². The number of hydrogen-bond acceptors (Lipinski definition) is 6. The lowest BCUT2D eigenvalue weighted by Crippen LogP contribution is -2.37. The quantitative estimate of drug-likeness (QED) is 0.332. The molecule has 2 N–H and O–H groups in total. The maximum atomic E-state index is 12.7. The van der Waals surface area contributed by atoms with E-state index in [2.05, 4.69) is 22.5 Å². The monoisotopic (exact) mass is 469 g/mol. The van der Waals surface area contributed by atoms with Gasteiger partial charge in [0.2, 0.25) is 5.91 Å². The van der Waals surface area contributed by atoms with Crippen molar-refractivity contribution >= 4 is 34.8 Å². The smallest absolute Gasteiger partial charge is 0.398 e. The molecule has 0 saturated carbocycles. The number of halogens is 4. The molecule has 32 heavy (non-hydrogen) atoms. The number of carbonyl (C=O) groups is 2. The Balaban J connectivity index is 2.09. The van der Waals surface area contributed by atoms with Gasteiger partial charge in [-0.15, -0.1) is 11.6 Å². The number of rotatable bonds is 9. The summed E-state index contributed by atoms with van der Waals surface area (Å²) < 4.78 is 38.0. The van der Waals surface area contributed by atoms with Crippen LogP contribution in [0.25, 0.3) is 5.70 Å². The van der Waals surface area contributed by atoms with E-state index >= 15 is 0 Å². The Morgan fingerprint density at radius 3 is 2.38 bits per heavy atom. The molecule has 0 saturated heterocycles. The van der Waals surface area contributed by atoms with Crippen LogP contribution in [0.3, 0.4) is 0 Å². The molecule has 0 aliphatic rings. The number of nitrogens with zero attached hydrogens (tertiary/aromatic N) is 1. The molecule has 0 aliphatic carbocycles. The molecule has 2 rings (SSSR count). The molecular formula is C21H19ClF3N3O4. The highest BCUT2D eigenvalue weighted by Gasteiger charge is 2.30. The Morgan fingerprint density at radius 1 is 1.12 bits per heavy atom. The van der Waals surface area contributed by atoms with Crippen molar-refractivity contribution in [3.63, 3.8) is 0 Å². The number of amides is 2. The average Bonchev–Trinajstić information content (AvgIpc) is 2.77. The molecule has 0 bridgehead atoms. The Morgan fingerprint density at radius 2 is 1.78 bits per heavy atom. The summed E-state index contributed by atoms with van der Waals surface area (Å²) in [6.07, 6.45) is -4.43. The van der Waals surface area contributed by atoms with Gasteiger partial charge in [-0.05, 0) is 23.3 Å². The van der Waals surface area contributed by atoms with Gasteiger partial charge in [0.05, 0.1) is 11.3 Å². The molecule has 2 aromatic carbocycles. The van der Waals surface area contributed by atoms with Gasteiger partial charge >= 0.3 is 6.18 Å². The zero-order valence-corrected chi connectivity index (χ0v) is 17.6. The molecule has 0 spiro atoms. The normalized spacial score (nSPS) is 11.6. The van der Waals surface area contributed by atoms with E-state index in [1.807, 2.05) is 0 Å². The lowest BCUT2D eigenvalue weighted by Gasteiger charge is -2.14. The number of nitrogens with one attached hydrogen (secondary N) is 2. The number of imide groups is 1. The summed E-state index contributed by atoms with van der Waals surface area (Å²) >= 11 is 5.41. The number of hydrogen-bond donors (Lipinski definition) is 2. The number of benzene rings is 2. The third-order valence-electron chi connectivity index (χ3n) is 4.03. The van der Waals surface area contributed by atoms with E-state index < -0.39 is 29.4 Å². The fourth-order valence-corrected chi connectivity index (χ4v) is 2.59. The van der Waals surface area contributed by atoms with E-state index in [4.69, 9.17) is 21.3 Å². The van der Waals surface area contributed by atoms with Crippen LogP contribution in [0.2, 0.25) is 0 Å². The first-order valence-corrected chi connectivity index (χ1v) is 9.54. The van der Waals surface area contributed by atoms with Gasteiger partial charge in [0, 0.05) is 5.56 Å². The second kappa shape index (κ2) is 11.3. The van der Waals surface area contributed by atoms with Gasteiger partial charge in [0.25, 0.3) is 5.91 Å². The number of alkyl halides is 4. The molecule has 0 heterocycles.